The third-order valence-corrected chi connectivity index (χ3v) is 4.30. The Morgan fingerprint density at radius 2 is 1.68 bits per heavy atom. The molecule has 0 radical (unpaired) electrons. The molecular formula is C22H26N2O4. The topological polar surface area (TPSA) is 75.7 Å². The number of esters is 1. The number of aryl methyl sites for hydroxylation is 1. The first-order chi connectivity index (χ1) is 13.5. The van der Waals surface area contributed by atoms with Gasteiger partial charge in [-0.3, -0.25) is 9.59 Å². The summed E-state index contributed by atoms with van der Waals surface area (Å²) in [7, 11) is 0. The number of hydrogen-bond donors (Lipinski definition) is 1. The van der Waals surface area contributed by atoms with Gasteiger partial charge in [0.05, 0.1) is 17.9 Å². The van der Waals surface area contributed by atoms with Crippen molar-refractivity contribution in [2.45, 2.75) is 33.6 Å². The van der Waals surface area contributed by atoms with Gasteiger partial charge in [-0.05, 0) is 43.2 Å². The average Bonchev–Trinajstić information content (AvgIpc) is 2.69. The predicted octanol–water partition coefficient (Wildman–Crippen LogP) is 3.81. The van der Waals surface area contributed by atoms with Gasteiger partial charge >= 0.3 is 5.97 Å². The van der Waals surface area contributed by atoms with Gasteiger partial charge in [0.1, 0.15) is 0 Å². The van der Waals surface area contributed by atoms with Gasteiger partial charge in [0.15, 0.2) is 0 Å². The number of rotatable bonds is 8. The highest BCUT2D eigenvalue weighted by Crippen LogP contribution is 2.18. The molecule has 6 heteroatoms. The summed E-state index contributed by atoms with van der Waals surface area (Å²) >= 11 is 0. The first-order valence-corrected chi connectivity index (χ1v) is 9.39. The third kappa shape index (κ3) is 5.67. The molecule has 0 atom stereocenters. The lowest BCUT2D eigenvalue weighted by atomic mass is 10.1. The predicted molar refractivity (Wildman–Crippen MR) is 109 cm³/mol. The SMILES string of the molecule is CCOC(=O)c1ccccc1NC(=O)CCN(C(C)=O)c1ccc(CC)cc1. The molecular weight excluding hydrogens is 356 g/mol. The van der Waals surface area contributed by atoms with Crippen LogP contribution in [0.2, 0.25) is 0 Å². The summed E-state index contributed by atoms with van der Waals surface area (Å²) in [6, 6.07) is 14.4. The van der Waals surface area contributed by atoms with Crippen molar-refractivity contribution in [1.29, 1.82) is 0 Å². The van der Waals surface area contributed by atoms with Crippen LogP contribution in [0.3, 0.4) is 0 Å². The van der Waals surface area contributed by atoms with E-state index in [4.69, 9.17) is 4.74 Å². The second kappa shape index (κ2) is 10.3. The Labute approximate surface area is 165 Å². The lowest BCUT2D eigenvalue weighted by Gasteiger charge is -2.21. The maximum absolute atomic E-state index is 12.4. The largest absolute Gasteiger partial charge is 0.462 e. The van der Waals surface area contributed by atoms with E-state index < -0.39 is 5.97 Å². The fourth-order valence-electron chi connectivity index (χ4n) is 2.78. The van der Waals surface area contributed by atoms with Crippen molar-refractivity contribution < 1.29 is 19.1 Å². The smallest absolute Gasteiger partial charge is 0.340 e. The number of carbonyl (C=O) groups excluding carboxylic acids is 3. The molecule has 6 nitrogen and oxygen atoms in total. The molecule has 0 fully saturated rings. The van der Waals surface area contributed by atoms with Crippen molar-refractivity contribution in [3.8, 4) is 0 Å². The monoisotopic (exact) mass is 382 g/mol. The molecule has 0 saturated heterocycles. The second-order valence-corrected chi connectivity index (χ2v) is 6.25. The minimum Gasteiger partial charge on any atom is -0.462 e. The number of benzene rings is 2. The summed E-state index contributed by atoms with van der Waals surface area (Å²) in [5.41, 5.74) is 2.63. The van der Waals surface area contributed by atoms with Crippen molar-refractivity contribution in [3.05, 3.63) is 59.7 Å². The zero-order valence-electron chi connectivity index (χ0n) is 16.5. The normalized spacial score (nSPS) is 10.2. The van der Waals surface area contributed by atoms with Crippen molar-refractivity contribution in [1.82, 2.24) is 0 Å². The number of amides is 2. The molecule has 0 aliphatic heterocycles. The summed E-state index contributed by atoms with van der Waals surface area (Å²) in [6.45, 7) is 5.76. The van der Waals surface area contributed by atoms with Crippen LogP contribution in [-0.2, 0) is 20.7 Å². The third-order valence-electron chi connectivity index (χ3n) is 4.30. The summed E-state index contributed by atoms with van der Waals surface area (Å²) < 4.78 is 5.01. The van der Waals surface area contributed by atoms with Gasteiger partial charge in [0.25, 0.3) is 0 Å². The van der Waals surface area contributed by atoms with E-state index in [2.05, 4.69) is 12.2 Å². The number of carbonyl (C=O) groups is 3. The lowest BCUT2D eigenvalue weighted by molar-refractivity contribution is -0.117. The number of ether oxygens (including phenoxy) is 1. The Hall–Kier alpha value is -3.15. The van der Waals surface area contributed by atoms with Gasteiger partial charge in [-0.2, -0.15) is 0 Å². The molecule has 0 aliphatic carbocycles. The lowest BCUT2D eigenvalue weighted by Crippen LogP contribution is -2.32. The van der Waals surface area contributed by atoms with E-state index in [1.54, 1.807) is 36.1 Å². The molecule has 0 spiro atoms. The minimum atomic E-state index is -0.486. The molecule has 0 aliphatic rings. The van der Waals surface area contributed by atoms with E-state index in [1.807, 2.05) is 24.3 Å². The Morgan fingerprint density at radius 1 is 1.00 bits per heavy atom. The zero-order valence-corrected chi connectivity index (χ0v) is 16.5. The molecule has 2 aromatic carbocycles. The first-order valence-electron chi connectivity index (χ1n) is 9.39. The molecule has 2 rings (SSSR count). The van der Waals surface area contributed by atoms with Crippen molar-refractivity contribution >= 4 is 29.2 Å². The summed E-state index contributed by atoms with van der Waals surface area (Å²) in [6.07, 6.45) is 1.02. The molecule has 0 saturated carbocycles. The van der Waals surface area contributed by atoms with Crippen LogP contribution in [-0.4, -0.2) is 30.9 Å². The number of anilines is 2. The molecule has 0 heterocycles. The number of para-hydroxylation sites is 1. The van der Waals surface area contributed by atoms with Crippen LogP contribution in [0, 0.1) is 0 Å². The molecule has 28 heavy (non-hydrogen) atoms. The van der Waals surface area contributed by atoms with Crippen LogP contribution in [0.1, 0.15) is 43.1 Å². The molecule has 0 bridgehead atoms. The van der Waals surface area contributed by atoms with Gasteiger partial charge in [0, 0.05) is 25.6 Å². The maximum Gasteiger partial charge on any atom is 0.340 e. The minimum absolute atomic E-state index is 0.103. The van der Waals surface area contributed by atoms with Crippen molar-refractivity contribution in [3.63, 3.8) is 0 Å². The fourth-order valence-corrected chi connectivity index (χ4v) is 2.78. The van der Waals surface area contributed by atoms with E-state index in [0.29, 0.717) is 11.3 Å². The van der Waals surface area contributed by atoms with E-state index in [0.717, 1.165) is 12.1 Å². The average molecular weight is 382 g/mol. The van der Waals surface area contributed by atoms with Gasteiger partial charge in [-0.1, -0.05) is 31.2 Å². The Balaban J connectivity index is 2.04. The van der Waals surface area contributed by atoms with Gasteiger partial charge in [-0.25, -0.2) is 4.79 Å². The quantitative estimate of drug-likeness (QED) is 0.705. The van der Waals surface area contributed by atoms with Gasteiger partial charge < -0.3 is 15.0 Å². The fraction of sp³-hybridized carbons (Fsp3) is 0.318. The summed E-state index contributed by atoms with van der Waals surface area (Å²) in [4.78, 5) is 38.0. The highest BCUT2D eigenvalue weighted by Gasteiger charge is 2.16. The van der Waals surface area contributed by atoms with E-state index in [1.165, 1.54) is 12.5 Å². The first kappa shape index (κ1) is 21.2. The van der Waals surface area contributed by atoms with Crippen molar-refractivity contribution in [2.75, 3.05) is 23.4 Å². The Bertz CT molecular complexity index is 831. The van der Waals surface area contributed by atoms with Crippen LogP contribution < -0.4 is 10.2 Å². The molecule has 0 unspecified atom stereocenters. The van der Waals surface area contributed by atoms with E-state index >= 15 is 0 Å². The molecule has 148 valence electrons. The highest BCUT2D eigenvalue weighted by molar-refractivity contribution is 6.01. The van der Waals surface area contributed by atoms with Crippen LogP contribution in [0.25, 0.3) is 0 Å². The molecule has 1 N–H and O–H groups in total. The van der Waals surface area contributed by atoms with Crippen LogP contribution >= 0.6 is 0 Å². The van der Waals surface area contributed by atoms with Crippen LogP contribution in [0.4, 0.5) is 11.4 Å². The van der Waals surface area contributed by atoms with Crippen molar-refractivity contribution in [2.24, 2.45) is 0 Å². The second-order valence-electron chi connectivity index (χ2n) is 6.25. The van der Waals surface area contributed by atoms with E-state index in [9.17, 15) is 14.4 Å². The summed E-state index contributed by atoms with van der Waals surface area (Å²) in [5.74, 6) is -0.906. The van der Waals surface area contributed by atoms with E-state index in [-0.39, 0.29) is 31.4 Å². The zero-order chi connectivity index (χ0) is 20.5. The van der Waals surface area contributed by atoms with Crippen LogP contribution in [0.15, 0.2) is 48.5 Å². The Morgan fingerprint density at radius 3 is 2.29 bits per heavy atom. The number of nitrogens with zero attached hydrogens (tertiary/aromatic N) is 1. The standard InChI is InChI=1S/C22H26N2O4/c1-4-17-10-12-18(13-11-17)24(16(3)25)15-14-21(26)23-20-9-7-6-8-19(20)22(27)28-5-2/h6-13H,4-5,14-15H2,1-3H3,(H,23,26). The number of nitrogens with one attached hydrogen (secondary N) is 1. The maximum atomic E-state index is 12.4. The molecule has 0 aromatic heterocycles. The van der Waals surface area contributed by atoms with Gasteiger partial charge in [-0.15, -0.1) is 0 Å². The summed E-state index contributed by atoms with van der Waals surface area (Å²) in [5, 5.41) is 2.74. The molecule has 2 aromatic rings. The molecule has 2 amide bonds. The van der Waals surface area contributed by atoms with Crippen LogP contribution in [0.5, 0.6) is 0 Å². The highest BCUT2D eigenvalue weighted by atomic mass is 16.5. The van der Waals surface area contributed by atoms with Gasteiger partial charge in [0.2, 0.25) is 11.8 Å². The Kier molecular flexibility index (Phi) is 7.75. The number of hydrogen-bond acceptors (Lipinski definition) is 4.